The Labute approximate surface area is 135 Å². The van der Waals surface area contributed by atoms with E-state index in [-0.39, 0.29) is 11.5 Å². The van der Waals surface area contributed by atoms with Gasteiger partial charge >= 0.3 is 11.7 Å². The summed E-state index contributed by atoms with van der Waals surface area (Å²) < 4.78 is 5.40. The molecule has 0 aromatic heterocycles. The lowest BCUT2D eigenvalue weighted by atomic mass is 10.1. The highest BCUT2D eigenvalue weighted by atomic mass is 16.6. The van der Waals surface area contributed by atoms with Crippen LogP contribution in [0.25, 0.3) is 0 Å². The lowest BCUT2D eigenvalue weighted by molar-refractivity contribution is -0.394. The zero-order valence-electron chi connectivity index (χ0n) is 12.7. The van der Waals surface area contributed by atoms with Crippen molar-refractivity contribution in [2.75, 3.05) is 0 Å². The molecule has 0 radical (unpaired) electrons. The SMILES string of the molecule is Cc1ccc(Oc2cc(C(=O)O)c([N+](=O)[O-])cc2[N+](=O)[O-])cc1C. The molecule has 0 bridgehead atoms. The number of aryl methyl sites for hydroxylation is 2. The van der Waals surface area contributed by atoms with E-state index in [1.807, 2.05) is 13.8 Å². The minimum absolute atomic E-state index is 0.256. The molecule has 0 unspecified atom stereocenters. The maximum Gasteiger partial charge on any atom is 0.342 e. The summed E-state index contributed by atoms with van der Waals surface area (Å²) >= 11 is 0. The fourth-order valence-electron chi connectivity index (χ4n) is 2.01. The van der Waals surface area contributed by atoms with Crippen molar-refractivity contribution in [3.05, 3.63) is 67.3 Å². The minimum atomic E-state index is -1.58. The first-order chi connectivity index (χ1) is 11.2. The number of aromatic carboxylic acids is 1. The van der Waals surface area contributed by atoms with Crippen molar-refractivity contribution in [2.24, 2.45) is 0 Å². The van der Waals surface area contributed by atoms with Gasteiger partial charge in [-0.2, -0.15) is 0 Å². The fraction of sp³-hybridized carbons (Fsp3) is 0.133. The average Bonchev–Trinajstić information content (AvgIpc) is 2.50. The summed E-state index contributed by atoms with van der Waals surface area (Å²) in [5.74, 6) is -1.71. The number of nitro benzene ring substituents is 2. The molecule has 124 valence electrons. The van der Waals surface area contributed by atoms with Crippen molar-refractivity contribution in [3.8, 4) is 11.5 Å². The third-order valence-electron chi connectivity index (χ3n) is 3.41. The van der Waals surface area contributed by atoms with Crippen LogP contribution in [-0.4, -0.2) is 20.9 Å². The standard InChI is InChI=1S/C15H12N2O7/c1-8-3-4-10(5-9(8)2)24-14-6-11(15(18)19)12(16(20)21)7-13(14)17(22)23/h3-7H,1-2H3,(H,18,19). The molecule has 9 heteroatoms. The number of ether oxygens (including phenoxy) is 1. The van der Waals surface area contributed by atoms with Crippen molar-refractivity contribution in [3.63, 3.8) is 0 Å². The van der Waals surface area contributed by atoms with Gasteiger partial charge in [-0.05, 0) is 37.1 Å². The van der Waals surface area contributed by atoms with E-state index in [0.29, 0.717) is 6.07 Å². The summed E-state index contributed by atoms with van der Waals surface area (Å²) in [4.78, 5) is 31.4. The van der Waals surface area contributed by atoms with E-state index < -0.39 is 32.8 Å². The summed E-state index contributed by atoms with van der Waals surface area (Å²) in [7, 11) is 0. The van der Waals surface area contributed by atoms with E-state index in [9.17, 15) is 25.0 Å². The van der Waals surface area contributed by atoms with Gasteiger partial charge in [0.2, 0.25) is 5.75 Å². The Morgan fingerprint density at radius 3 is 2.12 bits per heavy atom. The Hall–Kier alpha value is -3.49. The Balaban J connectivity index is 2.60. The molecule has 0 spiro atoms. The predicted octanol–water partition coefficient (Wildman–Crippen LogP) is 3.61. The first-order valence-corrected chi connectivity index (χ1v) is 6.66. The first-order valence-electron chi connectivity index (χ1n) is 6.66. The van der Waals surface area contributed by atoms with Crippen molar-refractivity contribution < 1.29 is 24.5 Å². The van der Waals surface area contributed by atoms with E-state index >= 15 is 0 Å². The van der Waals surface area contributed by atoms with Gasteiger partial charge in [-0.3, -0.25) is 20.2 Å². The number of nitrogens with zero attached hydrogens (tertiary/aromatic N) is 2. The number of carboxylic acids is 1. The number of hydrogen-bond donors (Lipinski definition) is 1. The molecule has 0 fully saturated rings. The van der Waals surface area contributed by atoms with Gasteiger partial charge in [0.15, 0.2) is 0 Å². The Bertz CT molecular complexity index is 861. The largest absolute Gasteiger partial charge is 0.477 e. The van der Waals surface area contributed by atoms with E-state index in [4.69, 9.17) is 9.84 Å². The van der Waals surface area contributed by atoms with Gasteiger partial charge in [0.25, 0.3) is 5.69 Å². The summed E-state index contributed by atoms with van der Waals surface area (Å²) in [5, 5.41) is 31.2. The minimum Gasteiger partial charge on any atom is -0.477 e. The van der Waals surface area contributed by atoms with Gasteiger partial charge in [0.05, 0.1) is 15.9 Å². The summed E-state index contributed by atoms with van der Waals surface area (Å²) in [6.07, 6.45) is 0. The number of benzene rings is 2. The van der Waals surface area contributed by atoms with Crippen molar-refractivity contribution >= 4 is 17.3 Å². The van der Waals surface area contributed by atoms with Crippen LogP contribution in [0, 0.1) is 34.1 Å². The number of hydrogen-bond acceptors (Lipinski definition) is 6. The van der Waals surface area contributed by atoms with Crippen LogP contribution >= 0.6 is 0 Å². The highest BCUT2D eigenvalue weighted by molar-refractivity contribution is 5.93. The lowest BCUT2D eigenvalue weighted by Gasteiger charge is -2.09. The molecular formula is C15H12N2O7. The third kappa shape index (κ3) is 3.29. The van der Waals surface area contributed by atoms with Crippen LogP contribution in [0.15, 0.2) is 30.3 Å². The lowest BCUT2D eigenvalue weighted by Crippen LogP contribution is -2.05. The number of nitro groups is 2. The molecule has 0 amide bonds. The van der Waals surface area contributed by atoms with E-state index in [0.717, 1.165) is 17.2 Å². The maximum atomic E-state index is 11.2. The van der Waals surface area contributed by atoms with Gasteiger partial charge in [-0.1, -0.05) is 6.07 Å². The van der Waals surface area contributed by atoms with Crippen molar-refractivity contribution in [1.29, 1.82) is 0 Å². The number of carboxylic acid groups (broad SMARTS) is 1. The van der Waals surface area contributed by atoms with Gasteiger partial charge in [0.1, 0.15) is 11.3 Å². The number of rotatable bonds is 5. The number of carbonyl (C=O) groups is 1. The molecule has 2 aromatic carbocycles. The Morgan fingerprint density at radius 2 is 1.62 bits per heavy atom. The molecule has 2 aromatic rings. The maximum absolute atomic E-state index is 11.2. The second-order valence-electron chi connectivity index (χ2n) is 5.00. The van der Waals surface area contributed by atoms with Crippen LogP contribution in [0.3, 0.4) is 0 Å². The molecule has 0 atom stereocenters. The molecular weight excluding hydrogens is 320 g/mol. The highest BCUT2D eigenvalue weighted by Crippen LogP contribution is 2.37. The van der Waals surface area contributed by atoms with Crippen LogP contribution < -0.4 is 4.74 Å². The average molecular weight is 332 g/mol. The van der Waals surface area contributed by atoms with Gasteiger partial charge in [-0.15, -0.1) is 0 Å². The second-order valence-corrected chi connectivity index (χ2v) is 5.00. The molecule has 2 rings (SSSR count). The summed E-state index contributed by atoms with van der Waals surface area (Å²) in [5.41, 5.74) is -0.404. The van der Waals surface area contributed by atoms with Crippen LogP contribution in [0.5, 0.6) is 11.5 Å². The molecule has 0 saturated heterocycles. The molecule has 0 aliphatic carbocycles. The molecule has 24 heavy (non-hydrogen) atoms. The normalized spacial score (nSPS) is 10.2. The smallest absolute Gasteiger partial charge is 0.342 e. The topological polar surface area (TPSA) is 133 Å². The molecule has 9 nitrogen and oxygen atoms in total. The van der Waals surface area contributed by atoms with Crippen molar-refractivity contribution in [1.82, 2.24) is 0 Å². The van der Waals surface area contributed by atoms with Gasteiger partial charge < -0.3 is 9.84 Å². The quantitative estimate of drug-likeness (QED) is 0.653. The van der Waals surface area contributed by atoms with E-state index in [1.54, 1.807) is 18.2 Å². The van der Waals surface area contributed by atoms with Crippen LogP contribution in [0.2, 0.25) is 0 Å². The van der Waals surface area contributed by atoms with Crippen LogP contribution in [-0.2, 0) is 0 Å². The van der Waals surface area contributed by atoms with Gasteiger partial charge in [-0.25, -0.2) is 4.79 Å². The molecule has 0 saturated carbocycles. The highest BCUT2D eigenvalue weighted by Gasteiger charge is 2.29. The fourth-order valence-corrected chi connectivity index (χ4v) is 2.01. The van der Waals surface area contributed by atoms with E-state index in [2.05, 4.69) is 0 Å². The Morgan fingerprint density at radius 1 is 1.00 bits per heavy atom. The molecule has 1 N–H and O–H groups in total. The molecule has 0 aliphatic heterocycles. The van der Waals surface area contributed by atoms with Crippen LogP contribution in [0.1, 0.15) is 21.5 Å². The zero-order valence-corrected chi connectivity index (χ0v) is 12.7. The first kappa shape index (κ1) is 16.9. The van der Waals surface area contributed by atoms with Crippen molar-refractivity contribution in [2.45, 2.75) is 13.8 Å². The zero-order chi connectivity index (χ0) is 18.0. The summed E-state index contributed by atoms with van der Waals surface area (Å²) in [6.45, 7) is 3.69. The van der Waals surface area contributed by atoms with Gasteiger partial charge in [0, 0.05) is 6.07 Å². The second kappa shape index (κ2) is 6.32. The monoisotopic (exact) mass is 332 g/mol. The predicted molar refractivity (Wildman–Crippen MR) is 82.7 cm³/mol. The summed E-state index contributed by atoms with van der Waals surface area (Å²) in [6, 6.07) is 6.29. The molecule has 0 aliphatic rings. The third-order valence-corrected chi connectivity index (χ3v) is 3.41. The van der Waals surface area contributed by atoms with Crippen LogP contribution in [0.4, 0.5) is 11.4 Å². The molecule has 0 heterocycles. The Kier molecular flexibility index (Phi) is 4.45. The van der Waals surface area contributed by atoms with E-state index in [1.165, 1.54) is 0 Å².